The summed E-state index contributed by atoms with van der Waals surface area (Å²) in [6.45, 7) is 7.27. The summed E-state index contributed by atoms with van der Waals surface area (Å²) in [6.07, 6.45) is -2.54. The molecule has 1 aromatic carbocycles. The molecule has 0 radical (unpaired) electrons. The second-order valence-corrected chi connectivity index (χ2v) is 16.7. The summed E-state index contributed by atoms with van der Waals surface area (Å²) in [4.78, 5) is 15.8. The lowest BCUT2D eigenvalue weighted by molar-refractivity contribution is -0.295. The third kappa shape index (κ3) is 3.92. The van der Waals surface area contributed by atoms with E-state index in [1.165, 1.54) is 20.3 Å². The maximum Gasteiger partial charge on any atom is 0.338 e. The Balaban J connectivity index is 1.16. The number of carbonyl (C=O) groups excluding carboxylic acids is 1. The van der Waals surface area contributed by atoms with Crippen LogP contribution in [-0.4, -0.2) is 122 Å². The molecule has 4 saturated carbocycles. The zero-order valence-corrected chi connectivity index (χ0v) is 28.4. The lowest BCUT2D eigenvalue weighted by Gasteiger charge is -2.63. The molecule has 6 N–H and O–H groups in total. The van der Waals surface area contributed by atoms with E-state index in [1.807, 2.05) is 6.92 Å². The molecule has 4 bridgehead atoms. The molecule has 7 aliphatic rings. The summed E-state index contributed by atoms with van der Waals surface area (Å²) >= 11 is 0. The first-order chi connectivity index (χ1) is 22.6. The van der Waals surface area contributed by atoms with Gasteiger partial charge in [-0.05, 0) is 81.4 Å². The number of piperidine rings is 2. The molecule has 1 spiro atoms. The van der Waals surface area contributed by atoms with Crippen molar-refractivity contribution in [3.05, 3.63) is 23.8 Å². The van der Waals surface area contributed by atoms with E-state index in [1.54, 1.807) is 19.1 Å². The first-order valence-corrected chi connectivity index (χ1v) is 17.7. The molecule has 8 rings (SSSR count). The smallest absolute Gasteiger partial charge is 0.338 e. The van der Waals surface area contributed by atoms with Gasteiger partial charge in [0.05, 0.1) is 43.2 Å². The Morgan fingerprint density at radius 2 is 1.73 bits per heavy atom. The van der Waals surface area contributed by atoms with Crippen LogP contribution in [0.25, 0.3) is 0 Å². The molecule has 16 atom stereocenters. The van der Waals surface area contributed by atoms with Crippen LogP contribution < -0.4 is 9.47 Å². The summed E-state index contributed by atoms with van der Waals surface area (Å²) in [7, 11) is 2.97. The largest absolute Gasteiger partial charge is 0.493 e. The van der Waals surface area contributed by atoms with E-state index in [0.717, 1.165) is 19.4 Å². The van der Waals surface area contributed by atoms with Gasteiger partial charge < -0.3 is 49.6 Å². The van der Waals surface area contributed by atoms with Gasteiger partial charge >= 0.3 is 5.97 Å². The molecule has 12 nitrogen and oxygen atoms in total. The van der Waals surface area contributed by atoms with Crippen molar-refractivity contribution in [3.8, 4) is 11.5 Å². The van der Waals surface area contributed by atoms with E-state index in [0.29, 0.717) is 30.4 Å². The van der Waals surface area contributed by atoms with Crippen molar-refractivity contribution in [3.63, 3.8) is 0 Å². The van der Waals surface area contributed by atoms with E-state index in [2.05, 4.69) is 11.8 Å². The highest BCUT2D eigenvalue weighted by atomic mass is 16.7. The number of nitrogens with zero attached hydrogens (tertiary/aromatic N) is 1. The number of hydrogen-bond donors (Lipinski definition) is 6. The second kappa shape index (κ2) is 10.5. The van der Waals surface area contributed by atoms with Gasteiger partial charge in [-0.3, -0.25) is 4.90 Å². The van der Waals surface area contributed by atoms with Crippen LogP contribution in [0.3, 0.4) is 0 Å². The Morgan fingerprint density at radius 1 is 1.00 bits per heavy atom. The Kier molecular flexibility index (Phi) is 7.25. The van der Waals surface area contributed by atoms with Gasteiger partial charge in [0, 0.05) is 42.3 Å². The average molecular weight is 674 g/mol. The molecule has 0 unspecified atom stereocenters. The monoisotopic (exact) mass is 673 g/mol. The minimum atomic E-state index is -1.97. The Morgan fingerprint density at radius 3 is 2.44 bits per heavy atom. The standard InChI is InChI=1S/C36H51NO11/c1-17-6-9-25-33(3,42)27-19(16-37(25)15-17)20-14-34-29(35(20,43)30(40)28(27)39)21(38)13-24-32(34,2)11-10-26(36(24,44)48-34)47-31(41)18-7-8-22(45-4)23(12-18)46-5/h7-8,12,17,19-21,24-30,38-40,42-44H,6,9-11,13-16H2,1-5H3/t17-,19-,20+,21+,24+,25+,26+,27-,28+,29-,30-,32+,33+,34-,35-,36+/m1/s1. The van der Waals surface area contributed by atoms with Crippen molar-refractivity contribution in [2.45, 2.75) is 112 Å². The van der Waals surface area contributed by atoms with E-state index < -0.39 is 88.0 Å². The van der Waals surface area contributed by atoms with Crippen LogP contribution >= 0.6 is 0 Å². The quantitative estimate of drug-likeness (QED) is 0.251. The van der Waals surface area contributed by atoms with Gasteiger partial charge in [-0.25, -0.2) is 4.79 Å². The summed E-state index contributed by atoms with van der Waals surface area (Å²) in [6, 6.07) is 4.49. The summed E-state index contributed by atoms with van der Waals surface area (Å²) in [5, 5.41) is 73.0. The first kappa shape index (κ1) is 33.1. The van der Waals surface area contributed by atoms with E-state index in [4.69, 9.17) is 18.9 Å². The normalized spacial score (nSPS) is 53.6. The number of hydrogen-bond acceptors (Lipinski definition) is 12. The van der Waals surface area contributed by atoms with Gasteiger partial charge in [0.1, 0.15) is 11.7 Å². The van der Waals surface area contributed by atoms with Gasteiger partial charge in [0.2, 0.25) is 5.79 Å². The first-order valence-electron chi connectivity index (χ1n) is 17.7. The Hall–Kier alpha value is -2.03. The molecule has 3 heterocycles. The lowest BCUT2D eigenvalue weighted by atomic mass is 9.49. The highest BCUT2D eigenvalue weighted by molar-refractivity contribution is 5.90. The zero-order chi connectivity index (χ0) is 34.3. The highest BCUT2D eigenvalue weighted by Gasteiger charge is 2.86. The Labute approximate surface area is 280 Å². The number of rotatable bonds is 4. The van der Waals surface area contributed by atoms with Gasteiger partial charge in [-0.15, -0.1) is 0 Å². The van der Waals surface area contributed by atoms with Gasteiger partial charge in [-0.1, -0.05) is 13.8 Å². The van der Waals surface area contributed by atoms with E-state index in [9.17, 15) is 35.4 Å². The molecule has 7 fully saturated rings. The van der Waals surface area contributed by atoms with Crippen molar-refractivity contribution in [1.29, 1.82) is 0 Å². The summed E-state index contributed by atoms with van der Waals surface area (Å²) < 4.78 is 23.5. The molecule has 48 heavy (non-hydrogen) atoms. The zero-order valence-electron chi connectivity index (χ0n) is 28.4. The van der Waals surface area contributed by atoms with E-state index in [-0.39, 0.29) is 30.9 Å². The highest BCUT2D eigenvalue weighted by Crippen LogP contribution is 2.77. The fourth-order valence-corrected chi connectivity index (χ4v) is 12.7. The molecule has 3 saturated heterocycles. The third-order valence-corrected chi connectivity index (χ3v) is 14.7. The van der Waals surface area contributed by atoms with Crippen molar-refractivity contribution in [2.75, 3.05) is 27.3 Å². The van der Waals surface area contributed by atoms with Crippen molar-refractivity contribution < 1.29 is 54.4 Å². The molecule has 12 heteroatoms. The third-order valence-electron chi connectivity index (χ3n) is 14.7. The molecular weight excluding hydrogens is 622 g/mol. The van der Waals surface area contributed by atoms with Gasteiger partial charge in [0.15, 0.2) is 17.6 Å². The number of fused-ring (bicyclic) bond motifs is 5. The van der Waals surface area contributed by atoms with Crippen LogP contribution in [0.5, 0.6) is 11.5 Å². The number of aliphatic hydroxyl groups is 6. The molecule has 1 aromatic rings. The Bertz CT molecular complexity index is 1490. The number of esters is 1. The fraction of sp³-hybridized carbons (Fsp3) is 0.806. The second-order valence-electron chi connectivity index (χ2n) is 16.7. The summed E-state index contributed by atoms with van der Waals surface area (Å²) in [5.41, 5.74) is -5.10. The van der Waals surface area contributed by atoms with Gasteiger partial charge in [-0.2, -0.15) is 0 Å². The molecule has 0 aromatic heterocycles. The average Bonchev–Trinajstić information content (AvgIpc) is 3.33. The molecule has 266 valence electrons. The maximum absolute atomic E-state index is 13.5. The minimum Gasteiger partial charge on any atom is -0.493 e. The predicted molar refractivity (Wildman–Crippen MR) is 169 cm³/mol. The van der Waals surface area contributed by atoms with Crippen LogP contribution in [0.15, 0.2) is 18.2 Å². The van der Waals surface area contributed by atoms with Crippen LogP contribution in [0.4, 0.5) is 0 Å². The van der Waals surface area contributed by atoms with Crippen molar-refractivity contribution >= 4 is 5.97 Å². The predicted octanol–water partition coefficient (Wildman–Crippen LogP) is 1.07. The van der Waals surface area contributed by atoms with Crippen LogP contribution in [-0.2, 0) is 9.47 Å². The summed E-state index contributed by atoms with van der Waals surface area (Å²) in [5.74, 6) is -4.81. The molecular formula is C36H51NO11. The SMILES string of the molecule is COc1ccc(C(=O)O[C@H]2CC[C@@]3(C)[C@@H]4C[C@H](O)[C@H]5[C@@]6(O)[C@H](O)[C@@H](O)[C@H]7[C@H](CN8C[C@H](C)CC[C@H]8[C@]7(C)O)[C@@H]6C[C@@]53O[C@]24O)cc1OC. The number of carbonyl (C=O) groups is 1. The van der Waals surface area contributed by atoms with E-state index >= 15 is 0 Å². The number of aliphatic hydroxyl groups excluding tert-OH is 3. The van der Waals surface area contributed by atoms with Crippen molar-refractivity contribution in [1.82, 2.24) is 4.90 Å². The van der Waals surface area contributed by atoms with Crippen LogP contribution in [0.1, 0.15) is 69.7 Å². The van der Waals surface area contributed by atoms with Crippen molar-refractivity contribution in [2.24, 2.45) is 40.9 Å². The number of methoxy groups -OCH3 is 2. The molecule has 0 amide bonds. The van der Waals surface area contributed by atoms with Crippen LogP contribution in [0.2, 0.25) is 0 Å². The fourth-order valence-electron chi connectivity index (χ4n) is 12.7. The molecule has 3 aliphatic heterocycles. The van der Waals surface area contributed by atoms with Gasteiger partial charge in [0.25, 0.3) is 0 Å². The van der Waals surface area contributed by atoms with Crippen LogP contribution in [0, 0.1) is 40.9 Å². The maximum atomic E-state index is 13.5. The number of ether oxygens (including phenoxy) is 4. The topological polar surface area (TPSA) is 179 Å². The minimum absolute atomic E-state index is 0.0548. The number of benzene rings is 1. The molecule has 4 aliphatic carbocycles. The lowest BCUT2D eigenvalue weighted by Crippen LogP contribution is -2.76.